The van der Waals surface area contributed by atoms with Crippen molar-refractivity contribution in [1.29, 1.82) is 0 Å². The second kappa shape index (κ2) is 8.11. The van der Waals surface area contributed by atoms with E-state index in [1.54, 1.807) is 0 Å². The first-order chi connectivity index (χ1) is 11.4. The van der Waals surface area contributed by atoms with Crippen LogP contribution in [0.2, 0.25) is 0 Å². The van der Waals surface area contributed by atoms with Crippen molar-refractivity contribution in [2.24, 2.45) is 11.7 Å². The highest BCUT2D eigenvalue weighted by Gasteiger charge is 2.23. The minimum Gasteiger partial charge on any atom is -0.366 e. The van der Waals surface area contributed by atoms with Gasteiger partial charge in [-0.2, -0.15) is 0 Å². The number of nitrogens with one attached hydrogen (secondary N) is 2. The van der Waals surface area contributed by atoms with Crippen molar-refractivity contribution in [3.8, 4) is 0 Å². The van der Waals surface area contributed by atoms with Gasteiger partial charge in [-0.25, -0.2) is 0 Å². The van der Waals surface area contributed by atoms with Gasteiger partial charge in [0.2, 0.25) is 11.8 Å². The number of benzene rings is 1. The number of carbonyl (C=O) groups excluding carboxylic acids is 2. The largest absolute Gasteiger partial charge is 0.366 e. The molecule has 8 nitrogen and oxygen atoms in total. The molecule has 1 aliphatic rings. The summed E-state index contributed by atoms with van der Waals surface area (Å²) in [5, 5.41) is 17.4. The number of thioether (sulfide) groups is 1. The van der Waals surface area contributed by atoms with Crippen LogP contribution in [0.3, 0.4) is 0 Å². The maximum Gasteiger partial charge on any atom is 0.283 e. The second-order valence-corrected chi connectivity index (χ2v) is 6.75. The van der Waals surface area contributed by atoms with Crippen molar-refractivity contribution in [3.63, 3.8) is 0 Å². The Balaban J connectivity index is 1.99. The molecule has 0 radical (unpaired) electrons. The second-order valence-electron chi connectivity index (χ2n) is 5.74. The molecule has 130 valence electrons. The monoisotopic (exact) mass is 352 g/mol. The highest BCUT2D eigenvalue weighted by Crippen LogP contribution is 2.30. The number of rotatable bonds is 6. The third-order valence-electron chi connectivity index (χ3n) is 3.93. The first kappa shape index (κ1) is 18.2. The van der Waals surface area contributed by atoms with Crippen LogP contribution in [0.5, 0.6) is 0 Å². The predicted octanol–water partition coefficient (Wildman–Crippen LogP) is 0.900. The smallest absolute Gasteiger partial charge is 0.283 e. The Kier molecular flexibility index (Phi) is 6.16. The number of carbonyl (C=O) groups is 2. The Bertz CT molecular complexity index is 652. The molecule has 24 heavy (non-hydrogen) atoms. The molecule has 2 atom stereocenters. The number of piperidine rings is 1. The first-order valence-corrected chi connectivity index (χ1v) is 8.58. The Morgan fingerprint density at radius 1 is 1.50 bits per heavy atom. The predicted molar refractivity (Wildman–Crippen MR) is 90.9 cm³/mol. The zero-order valence-corrected chi connectivity index (χ0v) is 14.1. The summed E-state index contributed by atoms with van der Waals surface area (Å²) in [4.78, 5) is 34.1. The lowest BCUT2D eigenvalue weighted by atomic mass is 9.95. The summed E-state index contributed by atoms with van der Waals surface area (Å²) in [7, 11) is 0. The summed E-state index contributed by atoms with van der Waals surface area (Å²) < 4.78 is 0. The SMILES string of the molecule is CC1CNCCC1NC(=O)CSc1ccc(C(N)=O)cc1[N+](=O)[O-]. The molecule has 0 aliphatic carbocycles. The van der Waals surface area contributed by atoms with E-state index in [0.29, 0.717) is 10.8 Å². The van der Waals surface area contributed by atoms with Crippen molar-refractivity contribution in [2.75, 3.05) is 18.8 Å². The third kappa shape index (κ3) is 4.68. The molecule has 4 N–H and O–H groups in total. The molecule has 0 saturated carbocycles. The van der Waals surface area contributed by atoms with Gasteiger partial charge in [0.25, 0.3) is 5.69 Å². The number of primary amides is 1. The van der Waals surface area contributed by atoms with E-state index in [4.69, 9.17) is 5.73 Å². The minimum atomic E-state index is -0.729. The number of nitro benzene ring substituents is 1. The fourth-order valence-corrected chi connectivity index (χ4v) is 3.37. The quantitative estimate of drug-likeness (QED) is 0.396. The number of amides is 2. The van der Waals surface area contributed by atoms with Crippen molar-refractivity contribution in [1.82, 2.24) is 10.6 Å². The number of hydrogen-bond donors (Lipinski definition) is 3. The van der Waals surface area contributed by atoms with Gasteiger partial charge in [-0.05, 0) is 37.6 Å². The van der Waals surface area contributed by atoms with E-state index >= 15 is 0 Å². The third-order valence-corrected chi connectivity index (χ3v) is 4.99. The van der Waals surface area contributed by atoms with E-state index in [9.17, 15) is 19.7 Å². The average molecular weight is 352 g/mol. The number of nitrogens with zero attached hydrogens (tertiary/aromatic N) is 1. The molecule has 1 heterocycles. The van der Waals surface area contributed by atoms with E-state index in [-0.39, 0.29) is 29.0 Å². The molecule has 0 bridgehead atoms. The Hall–Kier alpha value is -2.13. The van der Waals surface area contributed by atoms with Gasteiger partial charge >= 0.3 is 0 Å². The van der Waals surface area contributed by atoms with Gasteiger partial charge in [-0.3, -0.25) is 19.7 Å². The molecular weight excluding hydrogens is 332 g/mol. The summed E-state index contributed by atoms with van der Waals surface area (Å²) in [5.74, 6) is -0.468. The topological polar surface area (TPSA) is 127 Å². The van der Waals surface area contributed by atoms with Gasteiger partial charge in [0.15, 0.2) is 0 Å². The molecular formula is C15H20N4O4S. The van der Waals surface area contributed by atoms with Crippen LogP contribution in [0.1, 0.15) is 23.7 Å². The van der Waals surface area contributed by atoms with Crippen molar-refractivity contribution in [2.45, 2.75) is 24.3 Å². The molecule has 1 aromatic rings. The summed E-state index contributed by atoms with van der Waals surface area (Å²) in [6.07, 6.45) is 0.866. The number of nitro groups is 1. The van der Waals surface area contributed by atoms with Crippen LogP contribution in [0.15, 0.2) is 23.1 Å². The molecule has 0 aromatic heterocycles. The first-order valence-electron chi connectivity index (χ1n) is 7.59. The van der Waals surface area contributed by atoms with Crippen LogP contribution in [0.4, 0.5) is 5.69 Å². The lowest BCUT2D eigenvalue weighted by molar-refractivity contribution is -0.387. The maximum absolute atomic E-state index is 12.1. The maximum atomic E-state index is 12.1. The molecule has 1 saturated heterocycles. The molecule has 1 aromatic carbocycles. The number of nitrogens with two attached hydrogens (primary N) is 1. The van der Waals surface area contributed by atoms with Gasteiger partial charge in [0, 0.05) is 17.7 Å². The van der Waals surface area contributed by atoms with E-state index in [1.807, 2.05) is 0 Å². The van der Waals surface area contributed by atoms with Crippen LogP contribution >= 0.6 is 11.8 Å². The molecule has 1 fully saturated rings. The lowest BCUT2D eigenvalue weighted by Gasteiger charge is -2.30. The van der Waals surface area contributed by atoms with Crippen LogP contribution in [0.25, 0.3) is 0 Å². The number of hydrogen-bond acceptors (Lipinski definition) is 6. The molecule has 2 amide bonds. The zero-order chi connectivity index (χ0) is 17.7. The standard InChI is InChI=1S/C15H20N4O4S/c1-9-7-17-5-4-11(9)18-14(20)8-24-13-3-2-10(15(16)21)6-12(13)19(22)23/h2-3,6,9,11,17H,4-5,7-8H2,1H3,(H2,16,21)(H,18,20). The van der Waals surface area contributed by atoms with Crippen LogP contribution in [-0.2, 0) is 4.79 Å². The van der Waals surface area contributed by atoms with Crippen LogP contribution in [-0.4, -0.2) is 41.6 Å². The fraction of sp³-hybridized carbons (Fsp3) is 0.467. The zero-order valence-electron chi connectivity index (χ0n) is 13.3. The molecule has 2 unspecified atom stereocenters. The van der Waals surface area contributed by atoms with Crippen molar-refractivity contribution < 1.29 is 14.5 Å². The van der Waals surface area contributed by atoms with Crippen molar-refractivity contribution >= 4 is 29.3 Å². The average Bonchev–Trinajstić information content (AvgIpc) is 2.54. The summed E-state index contributed by atoms with van der Waals surface area (Å²) >= 11 is 1.07. The van der Waals surface area contributed by atoms with Gasteiger partial charge < -0.3 is 16.4 Å². The highest BCUT2D eigenvalue weighted by molar-refractivity contribution is 8.00. The minimum absolute atomic E-state index is 0.0685. The Labute approximate surface area is 143 Å². The molecule has 9 heteroatoms. The van der Waals surface area contributed by atoms with E-state index in [2.05, 4.69) is 17.6 Å². The van der Waals surface area contributed by atoms with E-state index < -0.39 is 10.8 Å². The van der Waals surface area contributed by atoms with Gasteiger partial charge in [-0.1, -0.05) is 6.92 Å². The summed E-state index contributed by atoms with van der Waals surface area (Å²) in [6, 6.07) is 4.12. The molecule has 2 rings (SSSR count). The molecule has 0 spiro atoms. The van der Waals surface area contributed by atoms with Gasteiger partial charge in [-0.15, -0.1) is 11.8 Å². The van der Waals surface area contributed by atoms with E-state index in [0.717, 1.165) is 37.3 Å². The lowest BCUT2D eigenvalue weighted by Crippen LogP contribution is -2.48. The summed E-state index contributed by atoms with van der Waals surface area (Å²) in [6.45, 7) is 3.79. The fourth-order valence-electron chi connectivity index (χ4n) is 2.56. The highest BCUT2D eigenvalue weighted by atomic mass is 32.2. The van der Waals surface area contributed by atoms with E-state index in [1.165, 1.54) is 12.1 Å². The van der Waals surface area contributed by atoms with Crippen LogP contribution < -0.4 is 16.4 Å². The normalized spacial score (nSPS) is 20.4. The molecule has 1 aliphatic heterocycles. The summed E-state index contributed by atoms with van der Waals surface area (Å²) in [5.41, 5.74) is 4.98. The van der Waals surface area contributed by atoms with Gasteiger partial charge in [0.1, 0.15) is 0 Å². The van der Waals surface area contributed by atoms with Crippen LogP contribution in [0, 0.1) is 16.0 Å². The van der Waals surface area contributed by atoms with Crippen molar-refractivity contribution in [3.05, 3.63) is 33.9 Å². The Morgan fingerprint density at radius 2 is 2.25 bits per heavy atom. The Morgan fingerprint density at radius 3 is 2.88 bits per heavy atom. The van der Waals surface area contributed by atoms with Gasteiger partial charge in [0.05, 0.1) is 15.6 Å².